The largest absolute Gasteiger partial charge is 0.393 e. The van der Waals surface area contributed by atoms with E-state index in [9.17, 15) is 15.0 Å². The fraction of sp³-hybridized carbons (Fsp3) is 0.607. The van der Waals surface area contributed by atoms with Crippen LogP contribution in [0.4, 0.5) is 0 Å². The Morgan fingerprint density at radius 1 is 1.24 bits per heavy atom. The lowest BCUT2D eigenvalue weighted by Gasteiger charge is -2.24. The lowest BCUT2D eigenvalue weighted by atomic mass is 9.89. The van der Waals surface area contributed by atoms with Crippen LogP contribution in [-0.2, 0) is 16.0 Å². The van der Waals surface area contributed by atoms with Crippen LogP contribution in [-0.4, -0.2) is 47.1 Å². The predicted molar refractivity (Wildman–Crippen MR) is 134 cm³/mol. The number of hydrogen-bond donors (Lipinski definition) is 3. The molecule has 1 aliphatic rings. The molecule has 5 atom stereocenters. The lowest BCUT2D eigenvalue weighted by molar-refractivity contribution is -0.121. The lowest BCUT2D eigenvalue weighted by Crippen LogP contribution is -2.24. The van der Waals surface area contributed by atoms with E-state index in [0.29, 0.717) is 25.8 Å². The van der Waals surface area contributed by atoms with E-state index in [1.807, 2.05) is 45.0 Å². The number of rotatable bonds is 14. The minimum absolute atomic E-state index is 0.0475. The van der Waals surface area contributed by atoms with Crippen molar-refractivity contribution in [2.45, 2.75) is 90.1 Å². The minimum Gasteiger partial charge on any atom is -0.393 e. The highest BCUT2D eigenvalue weighted by molar-refractivity contribution is 5.75. The quantitative estimate of drug-likeness (QED) is 0.282. The topological polar surface area (TPSA) is 78.8 Å². The van der Waals surface area contributed by atoms with Gasteiger partial charge in [-0.2, -0.15) is 0 Å². The van der Waals surface area contributed by atoms with Gasteiger partial charge >= 0.3 is 0 Å². The number of aryl methyl sites for hydroxylation is 1. The van der Waals surface area contributed by atoms with Gasteiger partial charge in [-0.3, -0.25) is 4.79 Å². The maximum absolute atomic E-state index is 11.5. The smallest absolute Gasteiger partial charge is 0.219 e. The molecule has 2 rings (SSSR count). The zero-order valence-electron chi connectivity index (χ0n) is 20.5. The summed E-state index contributed by atoms with van der Waals surface area (Å²) in [5, 5.41) is 24.1. The molecule has 0 radical (unpaired) electrons. The van der Waals surface area contributed by atoms with Gasteiger partial charge in [0.15, 0.2) is 0 Å². The maximum atomic E-state index is 11.5. The van der Waals surface area contributed by atoms with Gasteiger partial charge < -0.3 is 20.3 Å². The molecule has 1 saturated carbocycles. The molecule has 1 amide bonds. The Kier molecular flexibility index (Phi) is 12.4. The van der Waals surface area contributed by atoms with Gasteiger partial charge in [0.2, 0.25) is 5.91 Å². The molecule has 0 unspecified atom stereocenters. The number of ether oxygens (including phenoxy) is 1. The number of allylic oxidation sites excluding steroid dienone is 2. The molecular weight excluding hydrogens is 414 g/mol. The zero-order valence-corrected chi connectivity index (χ0v) is 20.5. The van der Waals surface area contributed by atoms with Crippen LogP contribution in [0.25, 0.3) is 0 Å². The van der Waals surface area contributed by atoms with Gasteiger partial charge in [-0.05, 0) is 64.4 Å². The van der Waals surface area contributed by atoms with Crippen LogP contribution in [0, 0.1) is 11.8 Å². The summed E-state index contributed by atoms with van der Waals surface area (Å²) in [7, 11) is 0. The zero-order chi connectivity index (χ0) is 24.1. The molecule has 1 aromatic carbocycles. The molecule has 1 aromatic rings. The normalized spacial score (nSPS) is 24.2. The van der Waals surface area contributed by atoms with Crippen LogP contribution in [0.5, 0.6) is 0 Å². The van der Waals surface area contributed by atoms with E-state index in [2.05, 4.69) is 35.7 Å². The Morgan fingerprint density at radius 2 is 2.00 bits per heavy atom. The third kappa shape index (κ3) is 10.2. The second-order valence-corrected chi connectivity index (χ2v) is 9.30. The molecule has 0 aromatic heterocycles. The highest BCUT2D eigenvalue weighted by Gasteiger charge is 2.41. The van der Waals surface area contributed by atoms with Crippen molar-refractivity contribution in [1.82, 2.24) is 5.32 Å². The Balaban J connectivity index is 1.90. The van der Waals surface area contributed by atoms with Crippen molar-refractivity contribution >= 4 is 5.91 Å². The average molecular weight is 458 g/mol. The number of carbonyl (C=O) groups excluding carboxylic acids is 1. The van der Waals surface area contributed by atoms with E-state index in [-0.39, 0.29) is 30.0 Å². The molecule has 5 heteroatoms. The first-order valence-corrected chi connectivity index (χ1v) is 12.6. The molecule has 3 N–H and O–H groups in total. The number of benzene rings is 1. The van der Waals surface area contributed by atoms with E-state index in [4.69, 9.17) is 4.74 Å². The van der Waals surface area contributed by atoms with Crippen molar-refractivity contribution < 1.29 is 19.7 Å². The molecule has 0 saturated heterocycles. The first-order valence-electron chi connectivity index (χ1n) is 12.6. The summed E-state index contributed by atoms with van der Waals surface area (Å²) < 4.78 is 6.12. The van der Waals surface area contributed by atoms with Crippen LogP contribution in [0.3, 0.4) is 0 Å². The second kappa shape index (κ2) is 15.0. The minimum atomic E-state index is -0.520. The van der Waals surface area contributed by atoms with Crippen LogP contribution in [0.15, 0.2) is 54.6 Å². The first-order chi connectivity index (χ1) is 15.9. The van der Waals surface area contributed by atoms with Crippen LogP contribution in [0.1, 0.15) is 64.9 Å². The fourth-order valence-electron chi connectivity index (χ4n) is 4.53. The number of aliphatic hydroxyl groups is 2. The summed E-state index contributed by atoms with van der Waals surface area (Å²) in [4.78, 5) is 11.5. The molecule has 1 fully saturated rings. The molecule has 0 aliphatic heterocycles. The van der Waals surface area contributed by atoms with Gasteiger partial charge in [-0.25, -0.2) is 0 Å². The van der Waals surface area contributed by atoms with Crippen molar-refractivity contribution in [1.29, 1.82) is 0 Å². The van der Waals surface area contributed by atoms with Crippen molar-refractivity contribution in [2.75, 3.05) is 6.54 Å². The van der Waals surface area contributed by atoms with Crippen LogP contribution >= 0.6 is 0 Å². The molecule has 33 heavy (non-hydrogen) atoms. The number of amides is 1. The Morgan fingerprint density at radius 3 is 2.70 bits per heavy atom. The van der Waals surface area contributed by atoms with E-state index in [1.54, 1.807) is 0 Å². The van der Waals surface area contributed by atoms with Gasteiger partial charge in [0, 0.05) is 25.3 Å². The maximum Gasteiger partial charge on any atom is 0.219 e. The van der Waals surface area contributed by atoms with E-state index < -0.39 is 12.2 Å². The molecule has 0 spiro atoms. The summed E-state index contributed by atoms with van der Waals surface area (Å²) in [6, 6.07) is 10.2. The highest BCUT2D eigenvalue weighted by atomic mass is 16.5. The third-order valence-corrected chi connectivity index (χ3v) is 6.19. The highest BCUT2D eigenvalue weighted by Crippen LogP contribution is 2.38. The SMILES string of the molecule is CCNC(=O)CCC/C=C\C[C@@H]1[C@@H](/C=C/[C@@H](O)CCc2ccccc2)[C@H](OC(C)C)C[C@@H]1O. The third-order valence-electron chi connectivity index (χ3n) is 6.19. The monoisotopic (exact) mass is 457 g/mol. The van der Waals surface area contributed by atoms with Crippen molar-refractivity contribution in [2.24, 2.45) is 11.8 Å². The molecule has 5 nitrogen and oxygen atoms in total. The van der Waals surface area contributed by atoms with E-state index >= 15 is 0 Å². The van der Waals surface area contributed by atoms with Gasteiger partial charge in [0.05, 0.1) is 24.4 Å². The van der Waals surface area contributed by atoms with E-state index in [1.165, 1.54) is 5.56 Å². The van der Waals surface area contributed by atoms with Crippen molar-refractivity contribution in [3.05, 3.63) is 60.2 Å². The predicted octanol–water partition coefficient (Wildman–Crippen LogP) is 4.58. The van der Waals surface area contributed by atoms with Crippen LogP contribution < -0.4 is 5.32 Å². The Labute approximate surface area is 199 Å². The first kappa shape index (κ1) is 27.3. The van der Waals surface area contributed by atoms with Crippen LogP contribution in [0.2, 0.25) is 0 Å². The summed E-state index contributed by atoms with van der Waals surface area (Å²) >= 11 is 0. The second-order valence-electron chi connectivity index (χ2n) is 9.30. The molecule has 0 heterocycles. The van der Waals surface area contributed by atoms with Gasteiger partial charge in [-0.15, -0.1) is 0 Å². The molecular formula is C28H43NO4. The standard InChI is InChI=1S/C28H43NO4/c1-4-29-28(32)15-11-6-5-10-14-24-25(27(20-26(24)31)33-21(2)3)19-18-23(30)17-16-22-12-8-7-9-13-22/h5,7-10,12-13,18-19,21,23-27,30-31H,4,6,11,14-17,20H2,1-3H3,(H,29,32)/b10-5-,19-18+/t23-,24+,25+,26-,27+/m0/s1. The number of unbranched alkanes of at least 4 members (excludes halogenated alkanes) is 1. The number of nitrogens with one attached hydrogen (secondary N) is 1. The summed E-state index contributed by atoms with van der Waals surface area (Å²) in [5.74, 6) is 0.224. The molecule has 0 bridgehead atoms. The van der Waals surface area contributed by atoms with Gasteiger partial charge in [-0.1, -0.05) is 54.6 Å². The summed E-state index contributed by atoms with van der Waals surface area (Å²) in [5.41, 5.74) is 1.22. The molecule has 184 valence electrons. The average Bonchev–Trinajstić information content (AvgIpc) is 3.07. The Bertz CT molecular complexity index is 731. The van der Waals surface area contributed by atoms with Crippen molar-refractivity contribution in [3.63, 3.8) is 0 Å². The molecule has 1 aliphatic carbocycles. The summed E-state index contributed by atoms with van der Waals surface area (Å²) in [6.45, 7) is 6.63. The Hall–Kier alpha value is -1.95. The number of carbonyl (C=O) groups is 1. The van der Waals surface area contributed by atoms with Gasteiger partial charge in [0.1, 0.15) is 0 Å². The summed E-state index contributed by atoms with van der Waals surface area (Å²) in [6.07, 6.45) is 12.4. The fourth-order valence-corrected chi connectivity index (χ4v) is 4.53. The number of aliphatic hydroxyl groups excluding tert-OH is 2. The number of hydrogen-bond acceptors (Lipinski definition) is 4. The van der Waals surface area contributed by atoms with Crippen molar-refractivity contribution in [3.8, 4) is 0 Å². The van der Waals surface area contributed by atoms with Gasteiger partial charge in [0.25, 0.3) is 0 Å². The van der Waals surface area contributed by atoms with E-state index in [0.717, 1.165) is 25.7 Å².